The summed E-state index contributed by atoms with van der Waals surface area (Å²) in [6.45, 7) is 1.80. The van der Waals surface area contributed by atoms with Crippen molar-refractivity contribution in [3.05, 3.63) is 0 Å². The van der Waals surface area contributed by atoms with Gasteiger partial charge in [-0.05, 0) is 6.92 Å². The number of nitrogens with zero attached hydrogens (tertiary/aromatic N) is 2. The molecule has 2 aliphatic rings. The van der Waals surface area contributed by atoms with Crippen LogP contribution in [0.25, 0.3) is 0 Å². The zero-order chi connectivity index (χ0) is 12.6. The molecule has 2 heterocycles. The monoisotopic (exact) mass is 238 g/mol. The van der Waals surface area contributed by atoms with Gasteiger partial charge in [0.05, 0.1) is 6.04 Å². The van der Waals surface area contributed by atoms with E-state index in [-0.39, 0.29) is 55.9 Å². The molecule has 0 bridgehead atoms. The highest BCUT2D eigenvalue weighted by Crippen LogP contribution is 2.18. The second kappa shape index (κ2) is 4.27. The van der Waals surface area contributed by atoms with Crippen molar-refractivity contribution in [3.8, 4) is 0 Å². The van der Waals surface area contributed by atoms with Crippen LogP contribution in [-0.4, -0.2) is 46.0 Å². The van der Waals surface area contributed by atoms with Gasteiger partial charge in [-0.2, -0.15) is 0 Å². The quantitative estimate of drug-likeness (QED) is 0.631. The van der Waals surface area contributed by atoms with Crippen LogP contribution >= 0.6 is 0 Å². The molecule has 2 saturated heterocycles. The fourth-order valence-electron chi connectivity index (χ4n) is 2.26. The zero-order valence-corrected chi connectivity index (χ0v) is 9.64. The molecule has 0 aromatic rings. The summed E-state index contributed by atoms with van der Waals surface area (Å²) in [5, 5.41) is 0. The van der Waals surface area contributed by atoms with E-state index in [1.807, 2.05) is 0 Å². The first-order valence-electron chi connectivity index (χ1n) is 5.69. The maximum atomic E-state index is 11.5. The van der Waals surface area contributed by atoms with E-state index < -0.39 is 6.04 Å². The molecule has 2 aliphatic heterocycles. The molecule has 2 fully saturated rings. The summed E-state index contributed by atoms with van der Waals surface area (Å²) >= 11 is 0. The standard InChI is InChI=1S/C11H14N2O4/c1-7(13-10(16)4-5-11(13)17)6-12-8(14)2-3-9(12)15/h7H,2-6H2,1H3/t7-/m0/s1. The van der Waals surface area contributed by atoms with E-state index in [1.165, 1.54) is 4.90 Å². The minimum Gasteiger partial charge on any atom is -0.281 e. The van der Waals surface area contributed by atoms with E-state index >= 15 is 0 Å². The Morgan fingerprint density at radius 2 is 1.29 bits per heavy atom. The molecular weight excluding hydrogens is 224 g/mol. The van der Waals surface area contributed by atoms with Crippen LogP contribution in [0, 0.1) is 0 Å². The van der Waals surface area contributed by atoms with Crippen molar-refractivity contribution >= 4 is 23.6 Å². The van der Waals surface area contributed by atoms with Crippen molar-refractivity contribution in [2.45, 2.75) is 38.6 Å². The predicted octanol–water partition coefficient (Wildman–Crippen LogP) is -0.327. The first-order chi connectivity index (χ1) is 8.00. The van der Waals surface area contributed by atoms with E-state index in [2.05, 4.69) is 0 Å². The van der Waals surface area contributed by atoms with E-state index in [1.54, 1.807) is 6.92 Å². The molecule has 6 heteroatoms. The Morgan fingerprint density at radius 3 is 1.76 bits per heavy atom. The van der Waals surface area contributed by atoms with Gasteiger partial charge in [0, 0.05) is 32.2 Å². The maximum absolute atomic E-state index is 11.5. The third kappa shape index (κ3) is 2.07. The van der Waals surface area contributed by atoms with Gasteiger partial charge in [-0.1, -0.05) is 0 Å². The molecule has 6 nitrogen and oxygen atoms in total. The van der Waals surface area contributed by atoms with Gasteiger partial charge in [-0.3, -0.25) is 29.0 Å². The number of carbonyl (C=O) groups is 4. The van der Waals surface area contributed by atoms with Crippen LogP contribution in [0.4, 0.5) is 0 Å². The van der Waals surface area contributed by atoms with Crippen LogP contribution in [0.2, 0.25) is 0 Å². The first kappa shape index (κ1) is 11.8. The lowest BCUT2D eigenvalue weighted by molar-refractivity contribution is -0.146. The number of amides is 4. The topological polar surface area (TPSA) is 74.8 Å². The van der Waals surface area contributed by atoms with E-state index in [0.717, 1.165) is 4.90 Å². The van der Waals surface area contributed by atoms with Crippen molar-refractivity contribution in [1.82, 2.24) is 9.80 Å². The fourth-order valence-corrected chi connectivity index (χ4v) is 2.26. The van der Waals surface area contributed by atoms with Gasteiger partial charge in [0.25, 0.3) is 0 Å². The average Bonchev–Trinajstić information content (AvgIpc) is 2.75. The molecule has 0 aromatic carbocycles. The number of imide groups is 2. The van der Waals surface area contributed by atoms with E-state index in [0.29, 0.717) is 0 Å². The molecule has 0 aliphatic carbocycles. The van der Waals surface area contributed by atoms with Crippen LogP contribution in [0.15, 0.2) is 0 Å². The Labute approximate surface area is 98.5 Å². The van der Waals surface area contributed by atoms with Crippen molar-refractivity contribution < 1.29 is 19.2 Å². The summed E-state index contributed by atoms with van der Waals surface area (Å²) in [5.74, 6) is -0.884. The molecule has 92 valence electrons. The smallest absolute Gasteiger partial charge is 0.229 e. The van der Waals surface area contributed by atoms with Gasteiger partial charge in [0.2, 0.25) is 23.6 Å². The maximum Gasteiger partial charge on any atom is 0.229 e. The number of hydrogen-bond acceptors (Lipinski definition) is 4. The lowest BCUT2D eigenvalue weighted by Crippen LogP contribution is -2.46. The summed E-state index contributed by atoms with van der Waals surface area (Å²) in [6.07, 6.45) is 0.914. The van der Waals surface area contributed by atoms with Crippen molar-refractivity contribution in [2.75, 3.05) is 6.54 Å². The van der Waals surface area contributed by atoms with Gasteiger partial charge >= 0.3 is 0 Å². The second-order valence-corrected chi connectivity index (χ2v) is 4.40. The third-order valence-electron chi connectivity index (χ3n) is 3.13. The first-order valence-corrected chi connectivity index (χ1v) is 5.69. The second-order valence-electron chi connectivity index (χ2n) is 4.40. The number of likely N-dealkylation sites (tertiary alicyclic amines) is 2. The Kier molecular flexibility index (Phi) is 2.95. The van der Waals surface area contributed by atoms with Crippen LogP contribution in [-0.2, 0) is 19.2 Å². The van der Waals surface area contributed by atoms with Gasteiger partial charge in [0.15, 0.2) is 0 Å². The highest BCUT2D eigenvalue weighted by atomic mass is 16.2. The normalized spacial score (nSPS) is 22.9. The molecule has 1 atom stereocenters. The molecule has 0 N–H and O–H groups in total. The molecule has 0 spiro atoms. The Hall–Kier alpha value is -1.72. The molecule has 0 unspecified atom stereocenters. The van der Waals surface area contributed by atoms with Crippen molar-refractivity contribution in [3.63, 3.8) is 0 Å². The van der Waals surface area contributed by atoms with Gasteiger partial charge in [-0.15, -0.1) is 0 Å². The fraction of sp³-hybridized carbons (Fsp3) is 0.636. The summed E-state index contributed by atoms with van der Waals surface area (Å²) in [7, 11) is 0. The minimum atomic E-state index is -0.427. The van der Waals surface area contributed by atoms with Crippen LogP contribution in [0.1, 0.15) is 32.6 Å². The highest BCUT2D eigenvalue weighted by Gasteiger charge is 2.37. The predicted molar refractivity (Wildman–Crippen MR) is 56.5 cm³/mol. The Morgan fingerprint density at radius 1 is 0.882 bits per heavy atom. The van der Waals surface area contributed by atoms with E-state index in [4.69, 9.17) is 0 Å². The SMILES string of the molecule is C[C@@H](CN1C(=O)CCC1=O)N1C(=O)CCC1=O. The largest absolute Gasteiger partial charge is 0.281 e. The molecule has 2 rings (SSSR count). The zero-order valence-electron chi connectivity index (χ0n) is 9.64. The number of carbonyl (C=O) groups excluding carboxylic acids is 4. The van der Waals surface area contributed by atoms with E-state index in [9.17, 15) is 19.2 Å². The highest BCUT2D eigenvalue weighted by molar-refractivity contribution is 6.03. The summed E-state index contributed by atoms with van der Waals surface area (Å²) in [4.78, 5) is 48.1. The average molecular weight is 238 g/mol. The van der Waals surface area contributed by atoms with Gasteiger partial charge in [-0.25, -0.2) is 0 Å². The lowest BCUT2D eigenvalue weighted by Gasteiger charge is -2.26. The summed E-state index contributed by atoms with van der Waals surface area (Å²) < 4.78 is 0. The molecular formula is C11H14N2O4. The lowest BCUT2D eigenvalue weighted by atomic mass is 10.2. The van der Waals surface area contributed by atoms with Gasteiger partial charge in [0.1, 0.15) is 0 Å². The number of hydrogen-bond donors (Lipinski definition) is 0. The van der Waals surface area contributed by atoms with Crippen molar-refractivity contribution in [2.24, 2.45) is 0 Å². The summed E-state index contributed by atoms with van der Waals surface area (Å²) in [6, 6.07) is -0.427. The Balaban J connectivity index is 2.03. The molecule has 4 amide bonds. The van der Waals surface area contributed by atoms with Crippen LogP contribution in [0.3, 0.4) is 0 Å². The van der Waals surface area contributed by atoms with Crippen molar-refractivity contribution in [1.29, 1.82) is 0 Å². The number of rotatable bonds is 3. The molecule has 0 saturated carbocycles. The van der Waals surface area contributed by atoms with Crippen LogP contribution < -0.4 is 0 Å². The Bertz CT molecular complexity index is 372. The molecule has 0 aromatic heterocycles. The third-order valence-corrected chi connectivity index (χ3v) is 3.13. The molecule has 0 radical (unpaired) electrons. The van der Waals surface area contributed by atoms with Crippen LogP contribution in [0.5, 0.6) is 0 Å². The minimum absolute atomic E-state index is 0.120. The molecule has 17 heavy (non-hydrogen) atoms. The van der Waals surface area contributed by atoms with Gasteiger partial charge < -0.3 is 0 Å². The summed E-state index contributed by atoms with van der Waals surface area (Å²) in [5.41, 5.74) is 0.